The summed E-state index contributed by atoms with van der Waals surface area (Å²) in [4.78, 5) is 0. The molecule has 2 heteroatoms. The first-order valence-corrected chi connectivity index (χ1v) is 10.9. The van der Waals surface area contributed by atoms with E-state index in [1.807, 2.05) is 60.7 Å². The van der Waals surface area contributed by atoms with E-state index in [0.717, 1.165) is 40.0 Å². The lowest BCUT2D eigenvalue weighted by Crippen LogP contribution is -2.11. The van der Waals surface area contributed by atoms with E-state index in [1.54, 1.807) is 0 Å². The molecular formula is C30H24O2. The Bertz CT molecular complexity index is 1280. The molecule has 0 N–H and O–H groups in total. The van der Waals surface area contributed by atoms with E-state index in [-0.39, 0.29) is 6.10 Å². The van der Waals surface area contributed by atoms with Crippen LogP contribution in [0.1, 0.15) is 17.2 Å². The summed E-state index contributed by atoms with van der Waals surface area (Å²) in [6.45, 7) is 0. The van der Waals surface area contributed by atoms with Crippen LogP contribution in [-0.2, 0) is 6.42 Å². The summed E-state index contributed by atoms with van der Waals surface area (Å²) in [7, 11) is 0. The second kappa shape index (κ2) is 9.40. The first-order chi connectivity index (χ1) is 15.8. The third kappa shape index (κ3) is 4.65. The molecule has 0 saturated heterocycles. The maximum absolute atomic E-state index is 6.72. The highest BCUT2D eigenvalue weighted by Gasteiger charge is 2.17. The van der Waals surface area contributed by atoms with Gasteiger partial charge in [0.2, 0.25) is 0 Å². The molecule has 0 aromatic heterocycles. The maximum atomic E-state index is 6.72. The summed E-state index contributed by atoms with van der Waals surface area (Å²) < 4.78 is 12.9. The fourth-order valence-electron chi connectivity index (χ4n) is 3.91. The lowest BCUT2D eigenvalue weighted by atomic mass is 10.0. The molecule has 2 nitrogen and oxygen atoms in total. The van der Waals surface area contributed by atoms with Gasteiger partial charge in [-0.2, -0.15) is 0 Å². The van der Waals surface area contributed by atoms with Crippen molar-refractivity contribution in [1.82, 2.24) is 0 Å². The fraction of sp³-hybridized carbons (Fsp3) is 0.0667. The first kappa shape index (κ1) is 19.9. The molecule has 5 rings (SSSR count). The first-order valence-electron chi connectivity index (χ1n) is 10.9. The molecule has 0 bridgehead atoms. The summed E-state index contributed by atoms with van der Waals surface area (Å²) in [5.41, 5.74) is 2.39. The monoisotopic (exact) mass is 416 g/mol. The Morgan fingerprint density at radius 2 is 1.19 bits per heavy atom. The van der Waals surface area contributed by atoms with Gasteiger partial charge in [-0.1, -0.05) is 103 Å². The van der Waals surface area contributed by atoms with Crippen LogP contribution in [0.25, 0.3) is 10.8 Å². The van der Waals surface area contributed by atoms with E-state index in [0.29, 0.717) is 0 Å². The number of rotatable bonds is 7. The summed E-state index contributed by atoms with van der Waals surface area (Å²) in [6.07, 6.45) is 0.664. The van der Waals surface area contributed by atoms with Crippen LogP contribution in [0.4, 0.5) is 0 Å². The molecule has 5 aromatic carbocycles. The van der Waals surface area contributed by atoms with Crippen molar-refractivity contribution in [3.63, 3.8) is 0 Å². The summed E-state index contributed by atoms with van der Waals surface area (Å²) in [5.74, 6) is 2.38. The molecule has 0 saturated carbocycles. The summed E-state index contributed by atoms with van der Waals surface area (Å²) in [5, 5.41) is 2.16. The SMILES string of the molecule is c1ccc(CC(Oc2cc(Oc3ccccc3)cc3ccccc23)c2ccccc2)cc1. The van der Waals surface area contributed by atoms with Crippen LogP contribution in [0, 0.1) is 0 Å². The Hall–Kier alpha value is -4.04. The third-order valence-corrected chi connectivity index (χ3v) is 5.48. The summed E-state index contributed by atoms with van der Waals surface area (Å²) in [6, 6.07) is 43.0. The van der Waals surface area contributed by atoms with Crippen molar-refractivity contribution < 1.29 is 9.47 Å². The quantitative estimate of drug-likeness (QED) is 0.268. The Morgan fingerprint density at radius 3 is 1.94 bits per heavy atom. The maximum Gasteiger partial charge on any atom is 0.131 e. The van der Waals surface area contributed by atoms with Crippen LogP contribution in [0.3, 0.4) is 0 Å². The molecule has 32 heavy (non-hydrogen) atoms. The predicted molar refractivity (Wildman–Crippen MR) is 130 cm³/mol. The molecule has 0 aliphatic rings. The molecule has 0 aliphatic heterocycles. The second-order valence-corrected chi connectivity index (χ2v) is 7.76. The van der Waals surface area contributed by atoms with E-state index < -0.39 is 0 Å². The minimum atomic E-state index is -0.117. The molecule has 5 aromatic rings. The fourth-order valence-corrected chi connectivity index (χ4v) is 3.91. The molecule has 0 fully saturated rings. The number of benzene rings is 5. The van der Waals surface area contributed by atoms with Crippen LogP contribution in [-0.4, -0.2) is 0 Å². The van der Waals surface area contributed by atoms with Gasteiger partial charge < -0.3 is 9.47 Å². The van der Waals surface area contributed by atoms with E-state index >= 15 is 0 Å². The molecule has 0 aliphatic carbocycles. The molecule has 0 heterocycles. The standard InChI is InChI=1S/C30H24O2/c1-4-12-23(13-5-1)20-29(24-14-6-2-7-15-24)32-30-22-27(31-26-17-8-3-9-18-26)21-25-16-10-11-19-28(25)30/h1-19,21-22,29H,20H2. The Labute approximate surface area is 188 Å². The lowest BCUT2D eigenvalue weighted by Gasteiger charge is -2.22. The normalized spacial score (nSPS) is 11.8. The Kier molecular flexibility index (Phi) is 5.85. The highest BCUT2D eigenvalue weighted by Crippen LogP contribution is 2.36. The van der Waals surface area contributed by atoms with E-state index in [1.165, 1.54) is 5.56 Å². The predicted octanol–water partition coefficient (Wildman–Crippen LogP) is 7.99. The molecule has 0 spiro atoms. The van der Waals surface area contributed by atoms with Gasteiger partial charge in [0.25, 0.3) is 0 Å². The molecule has 1 unspecified atom stereocenters. The zero-order valence-electron chi connectivity index (χ0n) is 17.7. The van der Waals surface area contributed by atoms with Crippen molar-refractivity contribution in [2.75, 3.05) is 0 Å². The van der Waals surface area contributed by atoms with Crippen molar-refractivity contribution in [3.8, 4) is 17.2 Å². The Balaban J connectivity index is 1.53. The van der Waals surface area contributed by atoms with E-state index in [9.17, 15) is 0 Å². The number of para-hydroxylation sites is 1. The summed E-state index contributed by atoms with van der Waals surface area (Å²) >= 11 is 0. The average molecular weight is 417 g/mol. The van der Waals surface area contributed by atoms with Gasteiger partial charge in [0.1, 0.15) is 23.4 Å². The number of fused-ring (bicyclic) bond motifs is 1. The molecule has 1 atom stereocenters. The lowest BCUT2D eigenvalue weighted by molar-refractivity contribution is 0.208. The van der Waals surface area contributed by atoms with Gasteiger partial charge in [-0.3, -0.25) is 0 Å². The van der Waals surface area contributed by atoms with Gasteiger partial charge in [-0.25, -0.2) is 0 Å². The topological polar surface area (TPSA) is 18.5 Å². The largest absolute Gasteiger partial charge is 0.485 e. The zero-order chi connectivity index (χ0) is 21.6. The van der Waals surface area contributed by atoms with Crippen LogP contribution in [0.5, 0.6) is 17.2 Å². The molecule has 0 amide bonds. The van der Waals surface area contributed by atoms with Gasteiger partial charge >= 0.3 is 0 Å². The number of hydrogen-bond acceptors (Lipinski definition) is 2. The smallest absolute Gasteiger partial charge is 0.131 e. The van der Waals surface area contributed by atoms with Crippen molar-refractivity contribution in [2.24, 2.45) is 0 Å². The van der Waals surface area contributed by atoms with Crippen molar-refractivity contribution in [3.05, 3.63) is 139 Å². The third-order valence-electron chi connectivity index (χ3n) is 5.48. The highest BCUT2D eigenvalue weighted by molar-refractivity contribution is 5.89. The van der Waals surface area contributed by atoms with E-state index in [4.69, 9.17) is 9.47 Å². The molecule has 0 radical (unpaired) electrons. The van der Waals surface area contributed by atoms with Crippen LogP contribution >= 0.6 is 0 Å². The van der Waals surface area contributed by atoms with Gasteiger partial charge in [0.15, 0.2) is 0 Å². The minimum absolute atomic E-state index is 0.117. The highest BCUT2D eigenvalue weighted by atomic mass is 16.5. The molecular weight excluding hydrogens is 392 g/mol. The molecule has 156 valence electrons. The van der Waals surface area contributed by atoms with Crippen LogP contribution in [0.2, 0.25) is 0 Å². The zero-order valence-corrected chi connectivity index (χ0v) is 17.7. The van der Waals surface area contributed by atoms with Crippen LogP contribution in [0.15, 0.2) is 127 Å². The van der Waals surface area contributed by atoms with Crippen LogP contribution < -0.4 is 9.47 Å². The van der Waals surface area contributed by atoms with Crippen molar-refractivity contribution >= 4 is 10.8 Å². The van der Waals surface area contributed by atoms with Gasteiger partial charge in [0, 0.05) is 17.9 Å². The van der Waals surface area contributed by atoms with E-state index in [2.05, 4.69) is 66.7 Å². The average Bonchev–Trinajstić information content (AvgIpc) is 2.85. The van der Waals surface area contributed by atoms with Gasteiger partial charge in [-0.15, -0.1) is 0 Å². The number of ether oxygens (including phenoxy) is 2. The number of hydrogen-bond donors (Lipinski definition) is 0. The van der Waals surface area contributed by atoms with Crippen molar-refractivity contribution in [1.29, 1.82) is 0 Å². The Morgan fingerprint density at radius 1 is 0.562 bits per heavy atom. The van der Waals surface area contributed by atoms with Gasteiger partial charge in [0.05, 0.1) is 0 Å². The van der Waals surface area contributed by atoms with Crippen molar-refractivity contribution in [2.45, 2.75) is 12.5 Å². The second-order valence-electron chi connectivity index (χ2n) is 7.76. The minimum Gasteiger partial charge on any atom is -0.485 e. The van der Waals surface area contributed by atoms with Gasteiger partial charge in [-0.05, 0) is 34.7 Å².